The number of halogens is 1. The van der Waals surface area contributed by atoms with Gasteiger partial charge in [0.15, 0.2) is 0 Å². The Morgan fingerprint density at radius 1 is 1.38 bits per heavy atom. The topological polar surface area (TPSA) is 85.1 Å². The molecule has 3 N–H and O–H groups in total. The fraction of sp³-hybridized carbons (Fsp3) is 0.308. The van der Waals surface area contributed by atoms with Gasteiger partial charge in [0.1, 0.15) is 5.82 Å². The molecule has 0 unspecified atom stereocenters. The van der Waals surface area contributed by atoms with Crippen LogP contribution < -0.4 is 10.5 Å². The molecule has 5 nitrogen and oxygen atoms in total. The predicted molar refractivity (Wildman–Crippen MR) is 81.3 cm³/mol. The maximum absolute atomic E-state index is 13.3. The van der Waals surface area contributed by atoms with Gasteiger partial charge >= 0.3 is 0 Å². The quantitative estimate of drug-likeness (QED) is 0.822. The molecule has 1 aromatic carbocycles. The summed E-state index contributed by atoms with van der Waals surface area (Å²) in [7, 11) is -3.71. The number of aryl methyl sites for hydroxylation is 2. The molecule has 0 aliphatic heterocycles. The molecule has 2 aromatic rings. The lowest BCUT2D eigenvalue weighted by Crippen LogP contribution is -2.26. The molecule has 0 atom stereocenters. The molecule has 0 radical (unpaired) electrons. The van der Waals surface area contributed by atoms with Gasteiger partial charge in [0.25, 0.3) is 0 Å². The van der Waals surface area contributed by atoms with Crippen LogP contribution in [-0.2, 0) is 16.4 Å². The van der Waals surface area contributed by atoms with E-state index in [0.717, 1.165) is 22.8 Å². The second-order valence-corrected chi connectivity index (χ2v) is 7.35. The lowest BCUT2D eigenvalue weighted by atomic mass is 10.2. The van der Waals surface area contributed by atoms with E-state index >= 15 is 0 Å². The number of hydrogen-bond donors (Lipinski definition) is 2. The summed E-state index contributed by atoms with van der Waals surface area (Å²) in [4.78, 5) is 4.26. The van der Waals surface area contributed by atoms with E-state index in [4.69, 9.17) is 5.73 Å². The van der Waals surface area contributed by atoms with E-state index in [2.05, 4.69) is 9.71 Å². The lowest BCUT2D eigenvalue weighted by Gasteiger charge is -2.10. The zero-order valence-electron chi connectivity index (χ0n) is 11.7. The van der Waals surface area contributed by atoms with Crippen LogP contribution in [0.2, 0.25) is 0 Å². The zero-order valence-corrected chi connectivity index (χ0v) is 13.3. The van der Waals surface area contributed by atoms with Gasteiger partial charge in [-0.25, -0.2) is 22.5 Å². The molecule has 0 aliphatic carbocycles. The monoisotopic (exact) mass is 329 g/mol. The minimum Gasteiger partial charge on any atom is -0.396 e. The van der Waals surface area contributed by atoms with Crippen molar-refractivity contribution in [2.45, 2.75) is 25.2 Å². The summed E-state index contributed by atoms with van der Waals surface area (Å²) in [6, 6.07) is 2.26. The van der Waals surface area contributed by atoms with Crippen LogP contribution in [0.4, 0.5) is 10.1 Å². The highest BCUT2D eigenvalue weighted by molar-refractivity contribution is 7.89. The summed E-state index contributed by atoms with van der Waals surface area (Å²) in [6.07, 6.45) is 0.507. The Kier molecular flexibility index (Phi) is 4.60. The third-order valence-corrected chi connectivity index (χ3v) is 5.51. The number of nitrogen functional groups attached to an aromatic ring is 1. The van der Waals surface area contributed by atoms with E-state index in [9.17, 15) is 12.8 Å². The summed E-state index contributed by atoms with van der Waals surface area (Å²) in [6.45, 7) is 3.64. The molecule has 2 rings (SSSR count). The number of benzene rings is 1. The van der Waals surface area contributed by atoms with Crippen molar-refractivity contribution in [2.75, 3.05) is 12.3 Å². The molecule has 0 fully saturated rings. The van der Waals surface area contributed by atoms with E-state index in [1.54, 1.807) is 0 Å². The Morgan fingerprint density at radius 2 is 2.10 bits per heavy atom. The number of aromatic nitrogens is 1. The summed E-state index contributed by atoms with van der Waals surface area (Å²) < 4.78 is 40.2. The van der Waals surface area contributed by atoms with Crippen molar-refractivity contribution < 1.29 is 12.8 Å². The SMILES string of the molecule is Cc1csc(CCNS(=O)(=O)c2cc(N)c(F)cc2C)n1. The van der Waals surface area contributed by atoms with Crippen LogP contribution in [-0.4, -0.2) is 19.9 Å². The van der Waals surface area contributed by atoms with Crippen molar-refractivity contribution in [3.63, 3.8) is 0 Å². The van der Waals surface area contributed by atoms with E-state index < -0.39 is 15.8 Å². The maximum atomic E-state index is 13.3. The second kappa shape index (κ2) is 6.08. The number of sulfonamides is 1. The Hall–Kier alpha value is -1.51. The Labute approximate surface area is 127 Å². The van der Waals surface area contributed by atoms with Crippen LogP contribution in [0.5, 0.6) is 0 Å². The molecule has 8 heteroatoms. The van der Waals surface area contributed by atoms with E-state index in [1.807, 2.05) is 12.3 Å². The highest BCUT2D eigenvalue weighted by Crippen LogP contribution is 2.21. The lowest BCUT2D eigenvalue weighted by molar-refractivity contribution is 0.580. The minimum absolute atomic E-state index is 0.00304. The predicted octanol–water partition coefficient (Wildman–Crippen LogP) is 2.00. The molecule has 0 bridgehead atoms. The molecule has 0 saturated heterocycles. The van der Waals surface area contributed by atoms with E-state index in [1.165, 1.54) is 18.3 Å². The zero-order chi connectivity index (χ0) is 15.6. The molecule has 114 valence electrons. The average Bonchev–Trinajstić information content (AvgIpc) is 2.79. The molecule has 0 spiro atoms. The van der Waals surface area contributed by atoms with Crippen molar-refractivity contribution in [2.24, 2.45) is 0 Å². The van der Waals surface area contributed by atoms with E-state index in [0.29, 0.717) is 12.0 Å². The fourth-order valence-electron chi connectivity index (χ4n) is 1.85. The van der Waals surface area contributed by atoms with Crippen LogP contribution in [0.25, 0.3) is 0 Å². The van der Waals surface area contributed by atoms with Gasteiger partial charge in [0.2, 0.25) is 10.0 Å². The van der Waals surface area contributed by atoms with Gasteiger partial charge in [-0.1, -0.05) is 0 Å². The standard InChI is InChI=1S/C13H16FN3O2S2/c1-8-5-10(14)11(15)6-12(8)21(18,19)16-4-3-13-17-9(2)7-20-13/h5-7,16H,3-4,15H2,1-2H3. The molecule has 21 heavy (non-hydrogen) atoms. The van der Waals surface area contributed by atoms with Crippen molar-refractivity contribution in [1.82, 2.24) is 9.71 Å². The van der Waals surface area contributed by atoms with Gasteiger partial charge in [-0.3, -0.25) is 0 Å². The molecule has 0 saturated carbocycles. The van der Waals surface area contributed by atoms with Crippen LogP contribution in [0.3, 0.4) is 0 Å². The highest BCUT2D eigenvalue weighted by Gasteiger charge is 2.18. The smallest absolute Gasteiger partial charge is 0.240 e. The van der Waals surface area contributed by atoms with Gasteiger partial charge in [-0.05, 0) is 31.5 Å². The van der Waals surface area contributed by atoms with Gasteiger partial charge in [0.05, 0.1) is 15.6 Å². The fourth-order valence-corrected chi connectivity index (χ4v) is 3.91. The first kappa shape index (κ1) is 15.9. The third kappa shape index (κ3) is 3.78. The van der Waals surface area contributed by atoms with Gasteiger partial charge in [-0.15, -0.1) is 11.3 Å². The summed E-state index contributed by atoms with van der Waals surface area (Å²) >= 11 is 1.49. The van der Waals surface area contributed by atoms with Crippen molar-refractivity contribution in [3.8, 4) is 0 Å². The molecule has 1 heterocycles. The van der Waals surface area contributed by atoms with Crippen molar-refractivity contribution >= 4 is 27.0 Å². The summed E-state index contributed by atoms with van der Waals surface area (Å²) in [5.74, 6) is -0.621. The molecule has 0 amide bonds. The number of anilines is 1. The first-order valence-electron chi connectivity index (χ1n) is 6.26. The number of nitrogens with one attached hydrogen (secondary N) is 1. The number of thiazole rings is 1. The number of rotatable bonds is 5. The summed E-state index contributed by atoms with van der Waals surface area (Å²) in [5, 5.41) is 2.78. The van der Waals surface area contributed by atoms with Crippen molar-refractivity contribution in [1.29, 1.82) is 0 Å². The van der Waals surface area contributed by atoms with Crippen molar-refractivity contribution in [3.05, 3.63) is 39.6 Å². The van der Waals surface area contributed by atoms with Gasteiger partial charge < -0.3 is 5.73 Å². The van der Waals surface area contributed by atoms with Gasteiger partial charge in [0, 0.05) is 24.0 Å². The van der Waals surface area contributed by atoms with Crippen LogP contribution in [0, 0.1) is 19.7 Å². The molecule has 1 aromatic heterocycles. The minimum atomic E-state index is -3.71. The maximum Gasteiger partial charge on any atom is 0.240 e. The largest absolute Gasteiger partial charge is 0.396 e. The molecule has 0 aliphatic rings. The average molecular weight is 329 g/mol. The summed E-state index contributed by atoms with van der Waals surface area (Å²) in [5.41, 5.74) is 6.48. The Bertz CT molecular complexity index is 757. The number of nitrogens with zero attached hydrogens (tertiary/aromatic N) is 1. The molecular weight excluding hydrogens is 313 g/mol. The molecular formula is C13H16FN3O2S2. The Balaban J connectivity index is 2.10. The Morgan fingerprint density at radius 3 is 2.71 bits per heavy atom. The first-order chi connectivity index (χ1) is 9.79. The second-order valence-electron chi connectivity index (χ2n) is 4.67. The number of nitrogens with two attached hydrogens (primary N) is 1. The first-order valence-corrected chi connectivity index (χ1v) is 8.62. The normalized spacial score (nSPS) is 11.8. The van der Waals surface area contributed by atoms with Crippen LogP contribution in [0.15, 0.2) is 22.4 Å². The van der Waals surface area contributed by atoms with E-state index in [-0.39, 0.29) is 17.1 Å². The van der Waals surface area contributed by atoms with Gasteiger partial charge in [-0.2, -0.15) is 0 Å². The third-order valence-electron chi connectivity index (χ3n) is 2.88. The van der Waals surface area contributed by atoms with Crippen LogP contribution >= 0.6 is 11.3 Å². The number of hydrogen-bond acceptors (Lipinski definition) is 5. The van der Waals surface area contributed by atoms with Crippen LogP contribution in [0.1, 0.15) is 16.3 Å². The highest BCUT2D eigenvalue weighted by atomic mass is 32.2.